The number of hydrogen-bond acceptors (Lipinski definition) is 3. The maximum Gasteiger partial charge on any atom is 0.0667 e. The Balaban J connectivity index is 1.88. The molecule has 0 amide bonds. The average molecular weight is 186 g/mol. The van der Waals surface area contributed by atoms with Crippen LogP contribution in [0.5, 0.6) is 0 Å². The Kier molecular flexibility index (Phi) is 5.35. The SMILES string of the molecule is COC(C)CNCCN1CCCC1. The first-order valence-electron chi connectivity index (χ1n) is 5.29. The van der Waals surface area contributed by atoms with Crippen LogP contribution in [0.1, 0.15) is 19.8 Å². The van der Waals surface area contributed by atoms with Gasteiger partial charge in [0.05, 0.1) is 6.10 Å². The Hall–Kier alpha value is -0.120. The second-order valence-electron chi connectivity index (χ2n) is 3.80. The van der Waals surface area contributed by atoms with Crippen molar-refractivity contribution in [2.45, 2.75) is 25.9 Å². The van der Waals surface area contributed by atoms with Crippen molar-refractivity contribution in [2.24, 2.45) is 0 Å². The molecule has 13 heavy (non-hydrogen) atoms. The van der Waals surface area contributed by atoms with E-state index in [-0.39, 0.29) is 0 Å². The molecule has 0 spiro atoms. The molecule has 1 atom stereocenters. The lowest BCUT2D eigenvalue weighted by molar-refractivity contribution is 0.116. The number of hydrogen-bond donors (Lipinski definition) is 1. The van der Waals surface area contributed by atoms with Crippen LogP contribution in [0.2, 0.25) is 0 Å². The molecule has 1 N–H and O–H groups in total. The fraction of sp³-hybridized carbons (Fsp3) is 1.00. The molecule has 0 aromatic carbocycles. The molecule has 0 saturated carbocycles. The van der Waals surface area contributed by atoms with E-state index < -0.39 is 0 Å². The highest BCUT2D eigenvalue weighted by molar-refractivity contribution is 4.67. The molecule has 0 radical (unpaired) electrons. The van der Waals surface area contributed by atoms with E-state index in [0.29, 0.717) is 6.10 Å². The topological polar surface area (TPSA) is 24.5 Å². The zero-order valence-corrected chi connectivity index (χ0v) is 8.88. The van der Waals surface area contributed by atoms with Gasteiger partial charge in [-0.3, -0.25) is 0 Å². The fourth-order valence-corrected chi connectivity index (χ4v) is 1.63. The molecular formula is C10H22N2O. The van der Waals surface area contributed by atoms with Gasteiger partial charge in [0.15, 0.2) is 0 Å². The van der Waals surface area contributed by atoms with Gasteiger partial charge in [0.25, 0.3) is 0 Å². The van der Waals surface area contributed by atoms with Crippen LogP contribution in [0.3, 0.4) is 0 Å². The van der Waals surface area contributed by atoms with Gasteiger partial charge in [-0.15, -0.1) is 0 Å². The molecule has 1 aliphatic rings. The summed E-state index contributed by atoms with van der Waals surface area (Å²) in [4.78, 5) is 2.52. The molecule has 3 heteroatoms. The van der Waals surface area contributed by atoms with Crippen LogP contribution in [-0.4, -0.2) is 50.8 Å². The largest absolute Gasteiger partial charge is 0.380 e. The highest BCUT2D eigenvalue weighted by Crippen LogP contribution is 2.05. The minimum absolute atomic E-state index is 0.332. The maximum atomic E-state index is 5.15. The number of ether oxygens (including phenoxy) is 1. The van der Waals surface area contributed by atoms with E-state index >= 15 is 0 Å². The molecule has 0 aromatic heterocycles. The van der Waals surface area contributed by atoms with Gasteiger partial charge in [-0.2, -0.15) is 0 Å². The van der Waals surface area contributed by atoms with Crippen LogP contribution in [0.15, 0.2) is 0 Å². The van der Waals surface area contributed by atoms with Crippen molar-refractivity contribution in [3.63, 3.8) is 0 Å². The minimum Gasteiger partial charge on any atom is -0.380 e. The summed E-state index contributed by atoms with van der Waals surface area (Å²) >= 11 is 0. The Morgan fingerprint density at radius 1 is 1.38 bits per heavy atom. The monoisotopic (exact) mass is 186 g/mol. The third-order valence-corrected chi connectivity index (χ3v) is 2.64. The lowest BCUT2D eigenvalue weighted by Crippen LogP contribution is -2.33. The van der Waals surface area contributed by atoms with Crippen LogP contribution in [-0.2, 0) is 4.74 Å². The summed E-state index contributed by atoms with van der Waals surface area (Å²) in [6.45, 7) is 7.92. The van der Waals surface area contributed by atoms with Crippen molar-refractivity contribution in [1.82, 2.24) is 10.2 Å². The molecule has 0 aliphatic carbocycles. The summed E-state index contributed by atoms with van der Waals surface area (Å²) < 4.78 is 5.15. The van der Waals surface area contributed by atoms with E-state index in [1.165, 1.54) is 32.5 Å². The van der Waals surface area contributed by atoms with Gasteiger partial charge in [0.2, 0.25) is 0 Å². The summed E-state index contributed by atoms with van der Waals surface area (Å²) in [6.07, 6.45) is 3.10. The van der Waals surface area contributed by atoms with Gasteiger partial charge >= 0.3 is 0 Å². The first-order chi connectivity index (χ1) is 6.33. The molecule has 3 nitrogen and oxygen atoms in total. The van der Waals surface area contributed by atoms with E-state index in [9.17, 15) is 0 Å². The summed E-state index contributed by atoms with van der Waals surface area (Å²) in [6, 6.07) is 0. The van der Waals surface area contributed by atoms with E-state index in [1.54, 1.807) is 7.11 Å². The predicted molar refractivity (Wildman–Crippen MR) is 55.0 cm³/mol. The summed E-state index contributed by atoms with van der Waals surface area (Å²) in [7, 11) is 1.76. The lowest BCUT2D eigenvalue weighted by Gasteiger charge is -2.16. The standard InChI is InChI=1S/C10H22N2O/c1-10(13-2)9-11-5-8-12-6-3-4-7-12/h10-11H,3-9H2,1-2H3. The van der Waals surface area contributed by atoms with E-state index in [2.05, 4.69) is 17.1 Å². The Labute approximate surface area is 81.4 Å². The number of methoxy groups -OCH3 is 1. The third-order valence-electron chi connectivity index (χ3n) is 2.64. The molecule has 1 heterocycles. The summed E-state index contributed by atoms with van der Waals surface area (Å²) in [5.41, 5.74) is 0. The summed E-state index contributed by atoms with van der Waals surface area (Å²) in [5, 5.41) is 3.40. The van der Waals surface area contributed by atoms with Gasteiger partial charge in [-0.25, -0.2) is 0 Å². The minimum atomic E-state index is 0.332. The zero-order valence-electron chi connectivity index (χ0n) is 8.88. The highest BCUT2D eigenvalue weighted by Gasteiger charge is 2.10. The van der Waals surface area contributed by atoms with Crippen LogP contribution in [0.4, 0.5) is 0 Å². The number of rotatable bonds is 6. The van der Waals surface area contributed by atoms with E-state index in [1.807, 2.05) is 0 Å². The maximum absolute atomic E-state index is 5.15. The fourth-order valence-electron chi connectivity index (χ4n) is 1.63. The average Bonchev–Trinajstić information content (AvgIpc) is 2.64. The van der Waals surface area contributed by atoms with Crippen molar-refractivity contribution >= 4 is 0 Å². The molecule has 1 fully saturated rings. The Morgan fingerprint density at radius 3 is 2.69 bits per heavy atom. The van der Waals surface area contributed by atoms with Crippen molar-refractivity contribution < 1.29 is 4.74 Å². The van der Waals surface area contributed by atoms with Gasteiger partial charge in [-0.1, -0.05) is 0 Å². The number of likely N-dealkylation sites (tertiary alicyclic amines) is 1. The number of nitrogens with zero attached hydrogens (tertiary/aromatic N) is 1. The predicted octanol–water partition coefficient (Wildman–Crippen LogP) is 0.707. The molecular weight excluding hydrogens is 164 g/mol. The second kappa shape index (κ2) is 6.35. The number of nitrogens with one attached hydrogen (secondary N) is 1. The zero-order chi connectivity index (χ0) is 9.52. The Bertz CT molecular complexity index is 124. The summed E-state index contributed by atoms with van der Waals surface area (Å²) in [5.74, 6) is 0. The molecule has 0 aromatic rings. The van der Waals surface area contributed by atoms with E-state index in [0.717, 1.165) is 13.1 Å². The smallest absolute Gasteiger partial charge is 0.0667 e. The van der Waals surface area contributed by atoms with Gasteiger partial charge in [-0.05, 0) is 32.9 Å². The quantitative estimate of drug-likeness (QED) is 0.618. The lowest BCUT2D eigenvalue weighted by atomic mass is 10.4. The van der Waals surface area contributed by atoms with Crippen LogP contribution in [0, 0.1) is 0 Å². The normalized spacial score (nSPS) is 20.8. The van der Waals surface area contributed by atoms with Crippen molar-refractivity contribution in [1.29, 1.82) is 0 Å². The first-order valence-corrected chi connectivity index (χ1v) is 5.29. The molecule has 1 unspecified atom stereocenters. The van der Waals surface area contributed by atoms with Gasteiger partial charge < -0.3 is 15.0 Å². The molecule has 1 aliphatic heterocycles. The second-order valence-corrected chi connectivity index (χ2v) is 3.80. The van der Waals surface area contributed by atoms with E-state index in [4.69, 9.17) is 4.74 Å². The molecule has 1 rings (SSSR count). The molecule has 1 saturated heterocycles. The van der Waals surface area contributed by atoms with Crippen LogP contribution >= 0.6 is 0 Å². The molecule has 0 bridgehead atoms. The van der Waals surface area contributed by atoms with Crippen LogP contribution < -0.4 is 5.32 Å². The van der Waals surface area contributed by atoms with Gasteiger partial charge in [0.1, 0.15) is 0 Å². The third kappa shape index (κ3) is 4.60. The van der Waals surface area contributed by atoms with Gasteiger partial charge in [0, 0.05) is 26.7 Å². The van der Waals surface area contributed by atoms with Crippen molar-refractivity contribution in [3.05, 3.63) is 0 Å². The Morgan fingerprint density at radius 2 is 2.08 bits per heavy atom. The van der Waals surface area contributed by atoms with Crippen LogP contribution in [0.25, 0.3) is 0 Å². The highest BCUT2D eigenvalue weighted by atomic mass is 16.5. The first kappa shape index (κ1) is 11.0. The van der Waals surface area contributed by atoms with Crippen molar-refractivity contribution in [3.8, 4) is 0 Å². The molecule has 78 valence electrons. The van der Waals surface area contributed by atoms with Crippen molar-refractivity contribution in [2.75, 3.05) is 39.8 Å².